The van der Waals surface area contributed by atoms with Crippen molar-refractivity contribution in [2.45, 2.75) is 22.7 Å². The predicted molar refractivity (Wildman–Crippen MR) is 79.2 cm³/mol. The average Bonchev–Trinajstić information content (AvgIpc) is 2.83. The van der Waals surface area contributed by atoms with Crippen molar-refractivity contribution in [1.29, 1.82) is 0 Å². The highest BCUT2D eigenvalue weighted by molar-refractivity contribution is 7.99. The second kappa shape index (κ2) is 7.43. The van der Waals surface area contributed by atoms with Gasteiger partial charge in [0.25, 0.3) is 0 Å². The summed E-state index contributed by atoms with van der Waals surface area (Å²) >= 11 is 6.23. The van der Waals surface area contributed by atoms with E-state index >= 15 is 0 Å². The maximum absolute atomic E-state index is 13.1. The van der Waals surface area contributed by atoms with Gasteiger partial charge in [0.05, 0.1) is 5.56 Å². The maximum Gasteiger partial charge on any atom is 0.435 e. The van der Waals surface area contributed by atoms with Crippen LogP contribution < -0.4 is 0 Å². The van der Waals surface area contributed by atoms with Crippen LogP contribution in [0.25, 0.3) is 0 Å². The lowest BCUT2D eigenvalue weighted by molar-refractivity contribution is -0.147. The van der Waals surface area contributed by atoms with Crippen LogP contribution in [0.3, 0.4) is 0 Å². The monoisotopic (exact) mass is 382 g/mol. The smallest absolute Gasteiger partial charge is 0.435 e. The van der Waals surface area contributed by atoms with Crippen LogP contribution in [0.1, 0.15) is 11.3 Å². The zero-order valence-electron chi connectivity index (χ0n) is 12.2. The summed E-state index contributed by atoms with van der Waals surface area (Å²) in [6.07, 6.45) is -4.71. The van der Waals surface area contributed by atoms with E-state index in [0.717, 1.165) is 16.4 Å². The number of carbonyl (C=O) groups is 1. The first-order valence-corrected chi connectivity index (χ1v) is 7.85. The van der Waals surface area contributed by atoms with E-state index in [-0.39, 0.29) is 10.6 Å². The third-order valence-corrected chi connectivity index (χ3v) is 4.30. The lowest BCUT2D eigenvalue weighted by Gasteiger charge is -2.09. The molecule has 130 valence electrons. The highest BCUT2D eigenvalue weighted by Gasteiger charge is 2.39. The minimum Gasteiger partial charge on any atom is -0.460 e. The van der Waals surface area contributed by atoms with Gasteiger partial charge in [-0.25, -0.2) is 4.39 Å². The Balaban J connectivity index is 2.39. The molecule has 0 aliphatic heterocycles. The van der Waals surface area contributed by atoms with Gasteiger partial charge in [0, 0.05) is 11.9 Å². The summed E-state index contributed by atoms with van der Waals surface area (Å²) in [6.45, 7) is -0.613. The Bertz CT molecular complexity index is 732. The molecule has 24 heavy (non-hydrogen) atoms. The van der Waals surface area contributed by atoms with Gasteiger partial charge in [0.15, 0.2) is 5.69 Å². The van der Waals surface area contributed by atoms with Gasteiger partial charge in [-0.2, -0.15) is 18.3 Å². The van der Waals surface area contributed by atoms with E-state index < -0.39 is 36.1 Å². The zero-order chi connectivity index (χ0) is 17.9. The summed E-state index contributed by atoms with van der Waals surface area (Å²) in [5.41, 5.74) is -1.42. The largest absolute Gasteiger partial charge is 0.460 e. The molecule has 0 unspecified atom stereocenters. The van der Waals surface area contributed by atoms with Gasteiger partial charge in [0.2, 0.25) is 0 Å². The second-order valence-corrected chi connectivity index (χ2v) is 5.93. The minimum atomic E-state index is -4.71. The molecule has 10 heteroatoms. The standard InChI is InChI=1S/C14H11ClF4N2O2S/c1-21-13(24-9-4-2-8(16)3-5-9)10(7-23-11(22)6-15)12(20-21)14(17,18)19/h2-5H,6-7H2,1H3. The molecule has 1 aromatic carbocycles. The van der Waals surface area contributed by atoms with Crippen LogP contribution in [0.2, 0.25) is 0 Å². The summed E-state index contributed by atoms with van der Waals surface area (Å²) in [5.74, 6) is -1.77. The van der Waals surface area contributed by atoms with Gasteiger partial charge in [0.1, 0.15) is 23.3 Å². The number of esters is 1. The molecule has 0 aliphatic carbocycles. The highest BCUT2D eigenvalue weighted by atomic mass is 35.5. The minimum absolute atomic E-state index is 0.135. The molecule has 0 atom stereocenters. The number of rotatable bonds is 5. The van der Waals surface area contributed by atoms with Crippen LogP contribution in [0, 0.1) is 5.82 Å². The van der Waals surface area contributed by atoms with E-state index in [0.29, 0.717) is 4.90 Å². The number of hydrogen-bond donors (Lipinski definition) is 0. The molecule has 0 spiro atoms. The molecule has 0 bridgehead atoms. The van der Waals surface area contributed by atoms with E-state index in [1.54, 1.807) is 0 Å². The van der Waals surface area contributed by atoms with E-state index in [9.17, 15) is 22.4 Å². The van der Waals surface area contributed by atoms with Crippen LogP contribution >= 0.6 is 23.4 Å². The van der Waals surface area contributed by atoms with Crippen LogP contribution in [-0.4, -0.2) is 21.6 Å². The lowest BCUT2D eigenvalue weighted by atomic mass is 10.2. The first-order chi connectivity index (χ1) is 11.2. The summed E-state index contributed by atoms with van der Waals surface area (Å²) in [7, 11) is 1.34. The van der Waals surface area contributed by atoms with Gasteiger partial charge in [-0.1, -0.05) is 11.8 Å². The quantitative estimate of drug-likeness (QED) is 0.445. The fraction of sp³-hybridized carbons (Fsp3) is 0.286. The van der Waals surface area contributed by atoms with Crippen LogP contribution in [0.15, 0.2) is 34.2 Å². The first-order valence-electron chi connectivity index (χ1n) is 6.50. The van der Waals surface area contributed by atoms with E-state index in [1.165, 1.54) is 31.3 Å². The molecule has 2 rings (SSSR count). The Kier molecular flexibility index (Phi) is 5.76. The van der Waals surface area contributed by atoms with Crippen molar-refractivity contribution >= 4 is 29.3 Å². The molecule has 2 aromatic rings. The Labute approximate surface area is 143 Å². The first kappa shape index (κ1) is 18.6. The normalized spacial score (nSPS) is 11.6. The third kappa shape index (κ3) is 4.41. The number of halogens is 5. The predicted octanol–water partition coefficient (Wildman–Crippen LogP) is 4.01. The highest BCUT2D eigenvalue weighted by Crippen LogP contribution is 2.38. The third-order valence-electron chi connectivity index (χ3n) is 2.87. The topological polar surface area (TPSA) is 44.1 Å². The van der Waals surface area contributed by atoms with E-state index in [4.69, 9.17) is 16.3 Å². The van der Waals surface area contributed by atoms with E-state index in [1.807, 2.05) is 0 Å². The number of aryl methyl sites for hydroxylation is 1. The molecule has 0 N–H and O–H groups in total. The van der Waals surface area contributed by atoms with Gasteiger partial charge in [-0.3, -0.25) is 9.48 Å². The zero-order valence-corrected chi connectivity index (χ0v) is 13.8. The van der Waals surface area contributed by atoms with Crippen LogP contribution in [0.4, 0.5) is 17.6 Å². The molecular formula is C14H11ClF4N2O2S. The SMILES string of the molecule is Cn1nc(C(F)(F)F)c(COC(=O)CCl)c1Sc1ccc(F)cc1. The number of aromatic nitrogens is 2. The summed E-state index contributed by atoms with van der Waals surface area (Å²) in [5, 5.41) is 3.61. The number of carbonyl (C=O) groups excluding carboxylic acids is 1. The summed E-state index contributed by atoms with van der Waals surface area (Å²) in [6, 6.07) is 5.23. The van der Waals surface area contributed by atoms with Crippen LogP contribution in [0.5, 0.6) is 0 Å². The van der Waals surface area contributed by atoms with Crippen molar-refractivity contribution in [1.82, 2.24) is 9.78 Å². The molecule has 4 nitrogen and oxygen atoms in total. The Morgan fingerprint density at radius 1 is 1.33 bits per heavy atom. The van der Waals surface area contributed by atoms with Crippen molar-refractivity contribution in [3.8, 4) is 0 Å². The molecule has 0 fully saturated rings. The van der Waals surface area contributed by atoms with Gasteiger partial charge < -0.3 is 4.74 Å². The molecular weight excluding hydrogens is 372 g/mol. The molecule has 0 saturated carbocycles. The Hall–Kier alpha value is -1.74. The lowest BCUT2D eigenvalue weighted by Crippen LogP contribution is -2.12. The molecule has 0 radical (unpaired) electrons. The summed E-state index contributed by atoms with van der Waals surface area (Å²) in [4.78, 5) is 11.7. The van der Waals surface area contributed by atoms with Gasteiger partial charge in [-0.15, -0.1) is 11.6 Å². The molecule has 0 aliphatic rings. The van der Waals surface area contributed by atoms with Gasteiger partial charge in [-0.05, 0) is 24.3 Å². The average molecular weight is 383 g/mol. The molecule has 0 saturated heterocycles. The summed E-state index contributed by atoms with van der Waals surface area (Å²) < 4.78 is 58.1. The molecule has 1 aromatic heterocycles. The maximum atomic E-state index is 13.1. The van der Waals surface area contributed by atoms with Crippen molar-refractivity contribution < 1.29 is 27.1 Å². The van der Waals surface area contributed by atoms with E-state index in [2.05, 4.69) is 5.10 Å². The number of hydrogen-bond acceptors (Lipinski definition) is 4. The number of ether oxygens (including phenoxy) is 1. The Morgan fingerprint density at radius 3 is 2.50 bits per heavy atom. The fourth-order valence-electron chi connectivity index (χ4n) is 1.84. The van der Waals surface area contributed by atoms with Crippen molar-refractivity contribution in [2.75, 3.05) is 5.88 Å². The molecule has 1 heterocycles. The second-order valence-electron chi connectivity index (χ2n) is 4.60. The van der Waals surface area contributed by atoms with Crippen LogP contribution in [-0.2, 0) is 29.4 Å². The molecule has 0 amide bonds. The number of benzene rings is 1. The fourth-order valence-corrected chi connectivity index (χ4v) is 2.87. The van der Waals surface area contributed by atoms with Crippen molar-refractivity contribution in [3.05, 3.63) is 41.3 Å². The van der Waals surface area contributed by atoms with Gasteiger partial charge >= 0.3 is 12.1 Å². The Morgan fingerprint density at radius 2 is 1.96 bits per heavy atom. The van der Waals surface area contributed by atoms with Crippen molar-refractivity contribution in [2.24, 2.45) is 7.05 Å². The number of nitrogens with zero attached hydrogens (tertiary/aromatic N) is 2. The van der Waals surface area contributed by atoms with Crippen molar-refractivity contribution in [3.63, 3.8) is 0 Å². The number of alkyl halides is 4.